The summed E-state index contributed by atoms with van der Waals surface area (Å²) in [5.41, 5.74) is 5.93. The van der Waals surface area contributed by atoms with Crippen LogP contribution in [0.3, 0.4) is 0 Å². The van der Waals surface area contributed by atoms with E-state index in [4.69, 9.17) is 0 Å². The lowest BCUT2D eigenvalue weighted by atomic mass is 10.2. The van der Waals surface area contributed by atoms with Crippen LogP contribution in [0.25, 0.3) is 0 Å². The summed E-state index contributed by atoms with van der Waals surface area (Å²) in [6.45, 7) is 0. The number of nitrogens with one attached hydrogen (secondary N) is 2. The number of hydrazone groups is 2. The number of nitrogens with zero attached hydrogens (tertiary/aromatic N) is 3. The molecule has 0 atom stereocenters. The van der Waals surface area contributed by atoms with Crippen LogP contribution in [0.4, 0.5) is 0 Å². The van der Waals surface area contributed by atoms with Gasteiger partial charge in [0.25, 0.3) is 0 Å². The van der Waals surface area contributed by atoms with Crippen molar-refractivity contribution >= 4 is 23.7 Å². The van der Waals surface area contributed by atoms with Crippen LogP contribution < -0.4 is 10.9 Å². The first kappa shape index (κ1) is 11.9. The van der Waals surface area contributed by atoms with Crippen molar-refractivity contribution in [1.82, 2.24) is 15.8 Å². The van der Waals surface area contributed by atoms with E-state index in [2.05, 4.69) is 26.0 Å². The Balaban J connectivity index is 1.78. The van der Waals surface area contributed by atoms with Gasteiger partial charge in [0, 0.05) is 18.0 Å². The Bertz CT molecular complexity index is 509. The molecule has 7 heteroatoms. The number of hydrogen-bond donors (Lipinski definition) is 2. The second-order valence-corrected chi connectivity index (χ2v) is 3.65. The van der Waals surface area contributed by atoms with E-state index in [9.17, 15) is 9.59 Å². The van der Waals surface area contributed by atoms with Gasteiger partial charge in [-0.2, -0.15) is 10.2 Å². The largest absolute Gasteiger partial charge is 0.273 e. The Morgan fingerprint density at radius 3 is 3.17 bits per heavy atom. The molecule has 0 unspecified atom stereocenters. The van der Waals surface area contributed by atoms with Gasteiger partial charge < -0.3 is 0 Å². The first-order valence-corrected chi connectivity index (χ1v) is 5.30. The first-order valence-electron chi connectivity index (χ1n) is 5.30. The Morgan fingerprint density at radius 1 is 1.61 bits per heavy atom. The molecule has 0 radical (unpaired) electrons. The zero-order chi connectivity index (χ0) is 12.8. The van der Waals surface area contributed by atoms with E-state index in [0.717, 1.165) is 5.56 Å². The van der Waals surface area contributed by atoms with Gasteiger partial charge in [-0.1, -0.05) is 6.07 Å². The van der Waals surface area contributed by atoms with E-state index in [1.807, 2.05) is 6.07 Å². The van der Waals surface area contributed by atoms with Crippen molar-refractivity contribution in [2.24, 2.45) is 10.2 Å². The molecule has 1 aliphatic rings. The smallest absolute Gasteiger partial charge is 0.245 e. The van der Waals surface area contributed by atoms with Gasteiger partial charge in [0.1, 0.15) is 0 Å². The minimum Gasteiger partial charge on any atom is -0.273 e. The average Bonchev–Trinajstić information content (AvgIpc) is 2.76. The van der Waals surface area contributed by atoms with E-state index < -0.39 is 0 Å². The maximum atomic E-state index is 11.4. The molecule has 2 amide bonds. The van der Waals surface area contributed by atoms with Gasteiger partial charge in [0.05, 0.1) is 24.8 Å². The number of pyridine rings is 1. The van der Waals surface area contributed by atoms with Crippen LogP contribution in [0.5, 0.6) is 0 Å². The molecular weight excluding hydrogens is 234 g/mol. The van der Waals surface area contributed by atoms with Gasteiger partial charge >= 0.3 is 0 Å². The molecule has 0 aromatic carbocycles. The second-order valence-electron chi connectivity index (χ2n) is 3.65. The predicted molar refractivity (Wildman–Crippen MR) is 64.8 cm³/mol. The summed E-state index contributed by atoms with van der Waals surface area (Å²) >= 11 is 0. The van der Waals surface area contributed by atoms with Gasteiger partial charge in [0.2, 0.25) is 11.8 Å². The van der Waals surface area contributed by atoms with Gasteiger partial charge in [-0.3, -0.25) is 14.6 Å². The maximum Gasteiger partial charge on any atom is 0.245 e. The van der Waals surface area contributed by atoms with Gasteiger partial charge in [0.15, 0.2) is 0 Å². The molecule has 18 heavy (non-hydrogen) atoms. The topological polar surface area (TPSA) is 95.8 Å². The quantitative estimate of drug-likeness (QED) is 0.568. The number of rotatable bonds is 4. The fourth-order valence-electron chi connectivity index (χ4n) is 1.36. The minimum absolute atomic E-state index is 0.0587. The molecule has 7 nitrogen and oxygen atoms in total. The lowest BCUT2D eigenvalue weighted by Gasteiger charge is -1.97. The van der Waals surface area contributed by atoms with Crippen molar-refractivity contribution in [2.75, 3.05) is 0 Å². The third-order valence-corrected chi connectivity index (χ3v) is 2.16. The van der Waals surface area contributed by atoms with Crippen molar-refractivity contribution in [3.05, 3.63) is 30.1 Å². The molecule has 0 spiro atoms. The summed E-state index contributed by atoms with van der Waals surface area (Å²) in [5, 5.41) is 7.50. The highest BCUT2D eigenvalue weighted by Gasteiger charge is 2.16. The standard InChI is InChI=1S/C11H11N5O2/c17-10(4-9-5-11(18)16-14-9)15-13-7-8-2-1-3-12-6-8/h1-3,6-7H,4-5H2,(H,15,17)(H,16,18)/b13-7+. The lowest BCUT2D eigenvalue weighted by Crippen LogP contribution is -2.20. The van der Waals surface area contributed by atoms with Crippen molar-refractivity contribution in [2.45, 2.75) is 12.8 Å². The van der Waals surface area contributed by atoms with Crippen LogP contribution >= 0.6 is 0 Å². The van der Waals surface area contributed by atoms with E-state index in [1.54, 1.807) is 18.5 Å². The molecule has 92 valence electrons. The Morgan fingerprint density at radius 2 is 2.50 bits per heavy atom. The molecule has 0 fully saturated rings. The summed E-state index contributed by atoms with van der Waals surface area (Å²) in [7, 11) is 0. The number of hydrogen-bond acceptors (Lipinski definition) is 5. The Labute approximate surface area is 103 Å². The summed E-state index contributed by atoms with van der Waals surface area (Å²) in [5.74, 6) is -0.512. The van der Waals surface area contributed by atoms with Gasteiger partial charge in [-0.15, -0.1) is 0 Å². The third kappa shape index (κ3) is 3.48. The molecular formula is C11H11N5O2. The molecule has 1 aromatic rings. The second kappa shape index (κ2) is 5.67. The molecule has 0 saturated heterocycles. The Kier molecular flexibility index (Phi) is 3.75. The number of amides is 2. The number of carbonyl (C=O) groups excluding carboxylic acids is 2. The highest BCUT2D eigenvalue weighted by Crippen LogP contribution is 1.99. The van der Waals surface area contributed by atoms with Crippen LogP contribution in [0, 0.1) is 0 Å². The molecule has 0 bridgehead atoms. The molecule has 0 aliphatic carbocycles. The summed E-state index contributed by atoms with van der Waals surface area (Å²) < 4.78 is 0. The van der Waals surface area contributed by atoms with Crippen molar-refractivity contribution < 1.29 is 9.59 Å². The van der Waals surface area contributed by atoms with E-state index in [-0.39, 0.29) is 24.7 Å². The van der Waals surface area contributed by atoms with Gasteiger partial charge in [-0.05, 0) is 6.07 Å². The molecule has 2 rings (SSSR count). The van der Waals surface area contributed by atoms with Crippen molar-refractivity contribution in [1.29, 1.82) is 0 Å². The number of carbonyl (C=O) groups is 2. The predicted octanol–water partition coefficient (Wildman–Crippen LogP) is -0.202. The molecule has 1 aliphatic heterocycles. The number of aromatic nitrogens is 1. The molecule has 2 heterocycles. The zero-order valence-electron chi connectivity index (χ0n) is 9.46. The fourth-order valence-corrected chi connectivity index (χ4v) is 1.36. The maximum absolute atomic E-state index is 11.4. The van der Waals surface area contributed by atoms with E-state index >= 15 is 0 Å². The lowest BCUT2D eigenvalue weighted by molar-refractivity contribution is -0.119. The fraction of sp³-hybridized carbons (Fsp3) is 0.182. The van der Waals surface area contributed by atoms with Crippen LogP contribution in [0.2, 0.25) is 0 Å². The van der Waals surface area contributed by atoms with Crippen LogP contribution in [-0.2, 0) is 9.59 Å². The normalized spacial score (nSPS) is 14.4. The summed E-state index contributed by atoms with van der Waals surface area (Å²) in [6.07, 6.45) is 4.99. The zero-order valence-corrected chi connectivity index (χ0v) is 9.46. The van der Waals surface area contributed by atoms with Crippen LogP contribution in [-0.4, -0.2) is 28.7 Å². The van der Waals surface area contributed by atoms with Crippen LogP contribution in [0.15, 0.2) is 34.7 Å². The monoisotopic (exact) mass is 245 g/mol. The summed E-state index contributed by atoms with van der Waals surface area (Å²) in [4.78, 5) is 26.2. The molecule has 0 saturated carbocycles. The Hall–Kier alpha value is -2.57. The molecule has 1 aromatic heterocycles. The van der Waals surface area contributed by atoms with Gasteiger partial charge in [-0.25, -0.2) is 10.9 Å². The third-order valence-electron chi connectivity index (χ3n) is 2.16. The first-order chi connectivity index (χ1) is 8.74. The highest BCUT2D eigenvalue weighted by molar-refractivity contribution is 6.11. The van der Waals surface area contributed by atoms with E-state index in [0.29, 0.717) is 5.71 Å². The summed E-state index contributed by atoms with van der Waals surface area (Å²) in [6, 6.07) is 3.58. The van der Waals surface area contributed by atoms with E-state index in [1.165, 1.54) is 6.21 Å². The van der Waals surface area contributed by atoms with Crippen molar-refractivity contribution in [3.63, 3.8) is 0 Å². The van der Waals surface area contributed by atoms with Crippen LogP contribution in [0.1, 0.15) is 18.4 Å². The molecule has 2 N–H and O–H groups in total. The highest BCUT2D eigenvalue weighted by atomic mass is 16.2. The average molecular weight is 245 g/mol. The minimum atomic E-state index is -0.314. The SMILES string of the molecule is O=C1CC(CC(=O)N/N=C/c2cccnc2)=NN1. The van der Waals surface area contributed by atoms with Crippen molar-refractivity contribution in [3.8, 4) is 0 Å².